The molecule has 0 aliphatic carbocycles. The molecule has 0 spiro atoms. The maximum atomic E-state index is 13.0. The molecule has 4 aromatic rings. The van der Waals surface area contributed by atoms with Gasteiger partial charge < -0.3 is 8.92 Å². The number of benzene rings is 2. The van der Waals surface area contributed by atoms with Crippen molar-refractivity contribution >= 4 is 29.5 Å². The molecule has 0 fully saturated rings. The lowest BCUT2D eigenvalue weighted by molar-refractivity contribution is 0.398. The molecule has 0 unspecified atom stereocenters. The van der Waals surface area contributed by atoms with Gasteiger partial charge in [0, 0.05) is 22.8 Å². The summed E-state index contributed by atoms with van der Waals surface area (Å²) in [6.07, 6.45) is 3.19. The van der Waals surface area contributed by atoms with Gasteiger partial charge in [-0.25, -0.2) is 4.52 Å². The van der Waals surface area contributed by atoms with Crippen molar-refractivity contribution in [2.24, 2.45) is 0 Å². The molecule has 9 heteroatoms. The zero-order valence-corrected chi connectivity index (χ0v) is 16.1. The second-order valence-corrected chi connectivity index (χ2v) is 6.58. The number of ether oxygens (including phenoxy) is 1. The highest BCUT2D eigenvalue weighted by Crippen LogP contribution is 2.32. The Morgan fingerprint density at radius 2 is 1.86 bits per heavy atom. The van der Waals surface area contributed by atoms with Crippen LogP contribution in [0.25, 0.3) is 22.3 Å². The zero-order chi connectivity index (χ0) is 19.7. The van der Waals surface area contributed by atoms with Gasteiger partial charge in [-0.1, -0.05) is 23.7 Å². The van der Waals surface area contributed by atoms with Gasteiger partial charge in [0.2, 0.25) is 0 Å². The van der Waals surface area contributed by atoms with E-state index < -0.39 is 0 Å². The minimum atomic E-state index is -0.280. The van der Waals surface area contributed by atoms with E-state index in [0.29, 0.717) is 22.0 Å². The molecule has 0 bridgehead atoms. The third-order valence-electron chi connectivity index (χ3n) is 4.25. The van der Waals surface area contributed by atoms with E-state index in [4.69, 9.17) is 20.5 Å². The van der Waals surface area contributed by atoms with Crippen molar-refractivity contribution < 1.29 is 12.8 Å². The van der Waals surface area contributed by atoms with Crippen LogP contribution in [0.1, 0.15) is 0 Å². The average molecular weight is 418 g/mol. The topological polar surface area (TPSA) is 57.8 Å². The van der Waals surface area contributed by atoms with Crippen LogP contribution in [0.3, 0.4) is 0 Å². The Labute approximate surface area is 168 Å². The van der Waals surface area contributed by atoms with Crippen molar-refractivity contribution in [2.45, 2.75) is 0 Å². The summed E-state index contributed by atoms with van der Waals surface area (Å²) in [5, 5.41) is 4.95. The monoisotopic (exact) mass is 417 g/mol. The Kier molecular flexibility index (Phi) is 4.97. The standard InChI is InChI=1S/C19H13ClFN3O3S/c1-26-18-9-15(6-7-17(18)27-28-21)23-11-22-24-10-13(8-16(24)19(23)25)12-2-4-14(20)5-3-12/h2-11H,1H3. The minimum absolute atomic E-state index is 0.216. The fraction of sp³-hybridized carbons (Fsp3) is 0.0526. The van der Waals surface area contributed by atoms with E-state index in [1.165, 1.54) is 28.6 Å². The number of rotatable bonds is 5. The van der Waals surface area contributed by atoms with Gasteiger partial charge in [0.15, 0.2) is 11.5 Å². The number of hydrogen-bond donors (Lipinski definition) is 0. The highest BCUT2D eigenvalue weighted by Gasteiger charge is 2.12. The Bertz CT molecular complexity index is 1210. The smallest absolute Gasteiger partial charge is 0.282 e. The Morgan fingerprint density at radius 3 is 2.57 bits per heavy atom. The first-order valence-electron chi connectivity index (χ1n) is 8.10. The summed E-state index contributed by atoms with van der Waals surface area (Å²) in [4.78, 5) is 13.0. The number of methoxy groups -OCH3 is 1. The highest BCUT2D eigenvalue weighted by molar-refractivity contribution is 7.89. The van der Waals surface area contributed by atoms with Crippen LogP contribution in [0.15, 0.2) is 65.8 Å². The van der Waals surface area contributed by atoms with Gasteiger partial charge in [-0.05, 0) is 35.9 Å². The Morgan fingerprint density at radius 1 is 1.07 bits per heavy atom. The average Bonchev–Trinajstić information content (AvgIpc) is 3.15. The first-order chi connectivity index (χ1) is 13.6. The molecule has 4 rings (SSSR count). The zero-order valence-electron chi connectivity index (χ0n) is 14.5. The summed E-state index contributed by atoms with van der Waals surface area (Å²) in [7, 11) is 1.44. The molecule has 0 N–H and O–H groups in total. The van der Waals surface area contributed by atoms with Crippen LogP contribution >= 0.6 is 24.0 Å². The van der Waals surface area contributed by atoms with Gasteiger partial charge in [-0.3, -0.25) is 9.36 Å². The van der Waals surface area contributed by atoms with E-state index in [0.717, 1.165) is 11.1 Å². The molecular weight excluding hydrogens is 405 g/mol. The van der Waals surface area contributed by atoms with E-state index in [1.54, 1.807) is 36.5 Å². The van der Waals surface area contributed by atoms with Gasteiger partial charge in [0.25, 0.3) is 18.0 Å². The highest BCUT2D eigenvalue weighted by atomic mass is 35.5. The van der Waals surface area contributed by atoms with Crippen LogP contribution in [0, 0.1) is 0 Å². The molecule has 0 aliphatic heterocycles. The molecule has 0 saturated heterocycles. The Hall–Kier alpha value is -2.97. The summed E-state index contributed by atoms with van der Waals surface area (Å²) in [6.45, 7) is 0. The Balaban J connectivity index is 1.80. The van der Waals surface area contributed by atoms with Crippen LogP contribution in [-0.2, 0) is 0 Å². The van der Waals surface area contributed by atoms with E-state index in [9.17, 15) is 8.68 Å². The van der Waals surface area contributed by atoms with Gasteiger partial charge in [-0.2, -0.15) is 5.10 Å². The molecule has 2 aromatic heterocycles. The molecule has 0 radical (unpaired) electrons. The molecular formula is C19H13ClFN3O3S. The maximum Gasteiger partial charge on any atom is 0.282 e. The fourth-order valence-corrected chi connectivity index (χ4v) is 3.21. The van der Waals surface area contributed by atoms with Gasteiger partial charge in [-0.15, -0.1) is 3.89 Å². The number of nitrogens with zero attached hydrogens (tertiary/aromatic N) is 3. The summed E-state index contributed by atoms with van der Waals surface area (Å²) in [5.74, 6) is 0.514. The largest absolute Gasteiger partial charge is 0.493 e. The van der Waals surface area contributed by atoms with Crippen LogP contribution in [0.2, 0.25) is 5.02 Å². The van der Waals surface area contributed by atoms with E-state index in [1.807, 2.05) is 12.1 Å². The van der Waals surface area contributed by atoms with E-state index in [-0.39, 0.29) is 23.7 Å². The van der Waals surface area contributed by atoms with Gasteiger partial charge in [0.1, 0.15) is 11.8 Å². The predicted molar refractivity (Wildman–Crippen MR) is 107 cm³/mol. The molecule has 0 atom stereocenters. The van der Waals surface area contributed by atoms with Crippen LogP contribution in [-0.4, -0.2) is 21.3 Å². The lowest BCUT2D eigenvalue weighted by atomic mass is 10.1. The van der Waals surface area contributed by atoms with Crippen molar-refractivity contribution in [1.82, 2.24) is 14.2 Å². The lowest BCUT2D eigenvalue weighted by Gasteiger charge is -2.10. The first kappa shape index (κ1) is 18.4. The summed E-state index contributed by atoms with van der Waals surface area (Å²) in [6, 6.07) is 13.8. The molecule has 142 valence electrons. The second kappa shape index (κ2) is 7.57. The number of halogens is 2. The van der Waals surface area contributed by atoms with Crippen molar-refractivity contribution in [3.8, 4) is 28.3 Å². The lowest BCUT2D eigenvalue weighted by Crippen LogP contribution is -2.20. The number of fused-ring (bicyclic) bond motifs is 1. The molecule has 0 saturated carbocycles. The normalized spacial score (nSPS) is 11.0. The number of hydrogen-bond acceptors (Lipinski definition) is 5. The summed E-state index contributed by atoms with van der Waals surface area (Å²) < 4.78 is 25.3. The number of aromatic nitrogens is 3. The van der Waals surface area contributed by atoms with Crippen molar-refractivity contribution in [3.63, 3.8) is 0 Å². The molecule has 0 amide bonds. The maximum absolute atomic E-state index is 13.0. The summed E-state index contributed by atoms with van der Waals surface area (Å²) >= 11 is 5.66. The van der Waals surface area contributed by atoms with E-state index >= 15 is 0 Å². The molecule has 0 aliphatic rings. The first-order valence-corrected chi connectivity index (χ1v) is 9.12. The molecule has 2 aromatic carbocycles. The quantitative estimate of drug-likeness (QED) is 0.439. The predicted octanol–water partition coefficient (Wildman–Crippen LogP) is 4.73. The van der Waals surface area contributed by atoms with Crippen LogP contribution < -0.4 is 14.5 Å². The van der Waals surface area contributed by atoms with Crippen molar-refractivity contribution in [1.29, 1.82) is 0 Å². The third-order valence-corrected chi connectivity index (χ3v) is 4.75. The SMILES string of the molecule is COc1cc(-n2cnn3cc(-c4ccc(Cl)cc4)cc3c2=O)ccc1OSF. The molecule has 6 nitrogen and oxygen atoms in total. The fourth-order valence-electron chi connectivity index (χ4n) is 2.88. The van der Waals surface area contributed by atoms with Crippen LogP contribution in [0.5, 0.6) is 11.5 Å². The summed E-state index contributed by atoms with van der Waals surface area (Å²) in [5.41, 5.74) is 2.44. The molecule has 2 heterocycles. The van der Waals surface area contributed by atoms with Crippen LogP contribution in [0.4, 0.5) is 3.89 Å². The van der Waals surface area contributed by atoms with Crippen molar-refractivity contribution in [3.05, 3.63) is 76.4 Å². The van der Waals surface area contributed by atoms with Gasteiger partial charge >= 0.3 is 0 Å². The van der Waals surface area contributed by atoms with Crippen molar-refractivity contribution in [2.75, 3.05) is 7.11 Å². The third kappa shape index (κ3) is 3.32. The van der Waals surface area contributed by atoms with E-state index in [2.05, 4.69) is 5.10 Å². The molecule has 28 heavy (non-hydrogen) atoms. The van der Waals surface area contributed by atoms with Gasteiger partial charge in [0.05, 0.1) is 12.8 Å². The second-order valence-electron chi connectivity index (χ2n) is 5.85. The minimum Gasteiger partial charge on any atom is -0.493 e.